The molecule has 1 saturated carbocycles. The number of carbonyl (C=O) groups excluding carboxylic acids is 2. The van der Waals surface area contributed by atoms with Crippen LogP contribution in [0.3, 0.4) is 0 Å². The quantitative estimate of drug-likeness (QED) is 0.524. The van der Waals surface area contributed by atoms with Crippen LogP contribution in [0.25, 0.3) is 0 Å². The van der Waals surface area contributed by atoms with Gasteiger partial charge in [-0.15, -0.1) is 0 Å². The molecule has 0 aliphatic heterocycles. The zero-order valence-corrected chi connectivity index (χ0v) is 14.2. The summed E-state index contributed by atoms with van der Waals surface area (Å²) in [6.45, 7) is 0.707. The van der Waals surface area contributed by atoms with E-state index in [1.165, 1.54) is 39.2 Å². The van der Waals surface area contributed by atoms with Crippen LogP contribution >= 0.6 is 0 Å². The van der Waals surface area contributed by atoms with Crippen molar-refractivity contribution in [3.05, 3.63) is 0 Å². The van der Waals surface area contributed by atoms with Gasteiger partial charge in [0.15, 0.2) is 0 Å². The molecule has 0 unspecified atom stereocenters. The van der Waals surface area contributed by atoms with Crippen LogP contribution < -0.4 is 5.73 Å². The van der Waals surface area contributed by atoms with Crippen molar-refractivity contribution in [2.45, 2.75) is 70.3 Å². The lowest BCUT2D eigenvalue weighted by Crippen LogP contribution is -2.43. The van der Waals surface area contributed by atoms with Crippen molar-refractivity contribution >= 4 is 11.9 Å². The summed E-state index contributed by atoms with van der Waals surface area (Å²) in [6, 6.07) is -0.358. The molecule has 1 rings (SSSR count). The van der Waals surface area contributed by atoms with Crippen molar-refractivity contribution in [1.82, 2.24) is 4.90 Å². The molecule has 0 radical (unpaired) electrons. The lowest BCUT2D eigenvalue weighted by molar-refractivity contribution is -0.140. The number of carbonyl (C=O) groups is 2. The Morgan fingerprint density at radius 3 is 2.50 bits per heavy atom. The van der Waals surface area contributed by atoms with E-state index in [1.807, 2.05) is 7.05 Å². The van der Waals surface area contributed by atoms with Crippen LogP contribution in [0.4, 0.5) is 0 Å². The van der Waals surface area contributed by atoms with Gasteiger partial charge in [0.1, 0.15) is 0 Å². The second-order valence-electron chi connectivity index (χ2n) is 6.49. The van der Waals surface area contributed by atoms with E-state index in [4.69, 9.17) is 5.73 Å². The van der Waals surface area contributed by atoms with E-state index in [0.717, 1.165) is 25.7 Å². The highest BCUT2D eigenvalue weighted by molar-refractivity contribution is 5.81. The predicted octanol–water partition coefficient (Wildman–Crippen LogP) is 2.48. The van der Waals surface area contributed by atoms with Crippen molar-refractivity contribution in [2.24, 2.45) is 11.7 Å². The third-order valence-corrected chi connectivity index (χ3v) is 4.61. The summed E-state index contributed by atoms with van der Waals surface area (Å²) in [5, 5.41) is 0. The zero-order valence-electron chi connectivity index (χ0n) is 14.2. The summed E-state index contributed by atoms with van der Waals surface area (Å²) < 4.78 is 4.60. The largest absolute Gasteiger partial charge is 0.469 e. The fourth-order valence-corrected chi connectivity index (χ4v) is 3.17. The van der Waals surface area contributed by atoms with E-state index in [0.29, 0.717) is 18.9 Å². The van der Waals surface area contributed by atoms with Crippen molar-refractivity contribution < 1.29 is 14.3 Å². The van der Waals surface area contributed by atoms with Gasteiger partial charge in [-0.3, -0.25) is 9.59 Å². The number of hydrogen-bond acceptors (Lipinski definition) is 4. The van der Waals surface area contributed by atoms with Gasteiger partial charge >= 0.3 is 5.97 Å². The minimum absolute atomic E-state index is 0.0542. The van der Waals surface area contributed by atoms with Gasteiger partial charge in [-0.1, -0.05) is 38.5 Å². The van der Waals surface area contributed by atoms with E-state index in [2.05, 4.69) is 4.74 Å². The van der Waals surface area contributed by atoms with Gasteiger partial charge < -0.3 is 15.4 Å². The molecule has 1 aliphatic rings. The Bertz CT molecular complexity index is 341. The third-order valence-electron chi connectivity index (χ3n) is 4.61. The number of nitrogens with zero attached hydrogens (tertiary/aromatic N) is 1. The number of ether oxygens (including phenoxy) is 1. The fourth-order valence-electron chi connectivity index (χ4n) is 3.17. The zero-order chi connectivity index (χ0) is 16.4. The molecule has 1 aliphatic carbocycles. The van der Waals surface area contributed by atoms with Gasteiger partial charge in [-0.2, -0.15) is 0 Å². The number of likely N-dealkylation sites (N-methyl/N-ethyl adjacent to an activating group) is 1. The molecule has 1 atom stereocenters. The minimum Gasteiger partial charge on any atom is -0.469 e. The first kappa shape index (κ1) is 18.9. The molecule has 0 aromatic heterocycles. The lowest BCUT2D eigenvalue weighted by Gasteiger charge is -2.26. The Balaban J connectivity index is 2.15. The van der Waals surface area contributed by atoms with Gasteiger partial charge in [0.2, 0.25) is 5.91 Å². The molecule has 1 amide bonds. The number of rotatable bonds is 9. The van der Waals surface area contributed by atoms with Crippen LogP contribution in [0.2, 0.25) is 0 Å². The molecule has 0 bridgehead atoms. The van der Waals surface area contributed by atoms with Crippen LogP contribution in [0.1, 0.15) is 64.2 Å². The SMILES string of the molecule is COC(=O)CCCCCN(C)C(=O)[C@@H](N)CC1CCCCC1. The molecule has 1 fully saturated rings. The van der Waals surface area contributed by atoms with Crippen LogP contribution in [0, 0.1) is 5.92 Å². The summed E-state index contributed by atoms with van der Waals surface area (Å²) in [7, 11) is 3.23. The minimum atomic E-state index is -0.358. The van der Waals surface area contributed by atoms with E-state index in [1.54, 1.807) is 4.90 Å². The van der Waals surface area contributed by atoms with Gasteiger partial charge in [0, 0.05) is 20.0 Å². The molecule has 0 heterocycles. The standard InChI is InChI=1S/C17H32N2O3/c1-19(12-8-4-7-11-16(20)22-2)17(21)15(18)13-14-9-5-3-6-10-14/h14-15H,3-13,18H2,1-2H3/t15-/m0/s1. The second kappa shape index (κ2) is 10.6. The second-order valence-corrected chi connectivity index (χ2v) is 6.49. The van der Waals surface area contributed by atoms with Crippen molar-refractivity contribution in [2.75, 3.05) is 20.7 Å². The number of amides is 1. The van der Waals surface area contributed by atoms with E-state index < -0.39 is 0 Å². The number of hydrogen-bond donors (Lipinski definition) is 1. The van der Waals surface area contributed by atoms with Crippen molar-refractivity contribution in [3.8, 4) is 0 Å². The maximum absolute atomic E-state index is 12.3. The van der Waals surface area contributed by atoms with Crippen LogP contribution in [-0.2, 0) is 14.3 Å². The van der Waals surface area contributed by atoms with Crippen molar-refractivity contribution in [3.63, 3.8) is 0 Å². The van der Waals surface area contributed by atoms with Gasteiger partial charge in [0.05, 0.1) is 13.2 Å². The average Bonchev–Trinajstić information content (AvgIpc) is 2.54. The Labute approximate surface area is 134 Å². The van der Waals surface area contributed by atoms with E-state index in [9.17, 15) is 9.59 Å². The highest BCUT2D eigenvalue weighted by Crippen LogP contribution is 2.27. The number of methoxy groups -OCH3 is 1. The fraction of sp³-hybridized carbons (Fsp3) is 0.882. The summed E-state index contributed by atoms with van der Waals surface area (Å²) in [6.07, 6.45) is 10.2. The predicted molar refractivity (Wildman–Crippen MR) is 87.3 cm³/mol. The normalized spacial score (nSPS) is 17.0. The number of unbranched alkanes of at least 4 members (excludes halogenated alkanes) is 2. The summed E-state index contributed by atoms with van der Waals surface area (Å²) >= 11 is 0. The Morgan fingerprint density at radius 2 is 1.86 bits per heavy atom. The highest BCUT2D eigenvalue weighted by Gasteiger charge is 2.23. The molecule has 0 aromatic rings. The van der Waals surface area contributed by atoms with Crippen LogP contribution in [-0.4, -0.2) is 43.5 Å². The Kier molecular flexibility index (Phi) is 9.13. The van der Waals surface area contributed by atoms with Gasteiger partial charge in [-0.05, 0) is 25.2 Å². The number of esters is 1. The molecule has 0 saturated heterocycles. The Hall–Kier alpha value is -1.10. The lowest BCUT2D eigenvalue weighted by atomic mass is 9.85. The van der Waals surface area contributed by atoms with Gasteiger partial charge in [-0.25, -0.2) is 0 Å². The molecule has 22 heavy (non-hydrogen) atoms. The first-order chi connectivity index (χ1) is 10.5. The molecule has 2 N–H and O–H groups in total. The molecule has 0 aromatic carbocycles. The first-order valence-corrected chi connectivity index (χ1v) is 8.62. The Morgan fingerprint density at radius 1 is 1.18 bits per heavy atom. The average molecular weight is 312 g/mol. The molecule has 5 nitrogen and oxygen atoms in total. The third kappa shape index (κ3) is 7.25. The summed E-state index contributed by atoms with van der Waals surface area (Å²) in [5.74, 6) is 0.513. The van der Waals surface area contributed by atoms with Crippen LogP contribution in [0.15, 0.2) is 0 Å². The van der Waals surface area contributed by atoms with Crippen molar-refractivity contribution in [1.29, 1.82) is 0 Å². The van der Waals surface area contributed by atoms with E-state index >= 15 is 0 Å². The van der Waals surface area contributed by atoms with Gasteiger partial charge in [0.25, 0.3) is 0 Å². The monoisotopic (exact) mass is 312 g/mol. The smallest absolute Gasteiger partial charge is 0.305 e. The maximum atomic E-state index is 12.3. The van der Waals surface area contributed by atoms with E-state index in [-0.39, 0.29) is 17.9 Å². The highest BCUT2D eigenvalue weighted by atomic mass is 16.5. The topological polar surface area (TPSA) is 72.6 Å². The molecule has 5 heteroatoms. The maximum Gasteiger partial charge on any atom is 0.305 e. The number of nitrogens with two attached hydrogens (primary N) is 1. The summed E-state index contributed by atoms with van der Waals surface area (Å²) in [4.78, 5) is 25.0. The van der Waals surface area contributed by atoms with Crippen LogP contribution in [0.5, 0.6) is 0 Å². The first-order valence-electron chi connectivity index (χ1n) is 8.62. The molecular weight excluding hydrogens is 280 g/mol. The molecule has 0 spiro atoms. The summed E-state index contributed by atoms with van der Waals surface area (Å²) in [5.41, 5.74) is 6.08. The molecule has 128 valence electrons. The molecular formula is C17H32N2O3.